The first-order chi connectivity index (χ1) is 13.7. The van der Waals surface area contributed by atoms with Crippen molar-refractivity contribution in [3.05, 3.63) is 58.9 Å². The molecule has 0 bridgehead atoms. The van der Waals surface area contributed by atoms with Gasteiger partial charge in [-0.25, -0.2) is 8.42 Å². The molecule has 1 aliphatic rings. The summed E-state index contributed by atoms with van der Waals surface area (Å²) in [6, 6.07) is 11.7. The molecule has 1 saturated heterocycles. The molecule has 1 atom stereocenters. The molecule has 1 aliphatic heterocycles. The molecule has 29 heavy (non-hydrogen) atoms. The predicted octanol–water partition coefficient (Wildman–Crippen LogP) is 3.35. The number of sulfone groups is 1. The van der Waals surface area contributed by atoms with Crippen LogP contribution in [0.15, 0.2) is 36.4 Å². The van der Waals surface area contributed by atoms with E-state index in [2.05, 4.69) is 10.00 Å². The van der Waals surface area contributed by atoms with Crippen LogP contribution in [0.5, 0.6) is 5.75 Å². The summed E-state index contributed by atoms with van der Waals surface area (Å²) in [6.45, 7) is 5.28. The van der Waals surface area contributed by atoms with E-state index in [0.717, 1.165) is 33.3 Å². The lowest BCUT2D eigenvalue weighted by Crippen LogP contribution is -2.19. The van der Waals surface area contributed by atoms with Crippen LogP contribution >= 0.6 is 0 Å². The zero-order chi connectivity index (χ0) is 20.8. The number of aromatic nitrogens is 2. The van der Waals surface area contributed by atoms with Gasteiger partial charge in [-0.2, -0.15) is 5.10 Å². The van der Waals surface area contributed by atoms with Crippen molar-refractivity contribution in [3.63, 3.8) is 0 Å². The molecule has 0 saturated carbocycles. The summed E-state index contributed by atoms with van der Waals surface area (Å²) in [5, 5.41) is 17.3. The molecule has 2 aromatic carbocycles. The van der Waals surface area contributed by atoms with Crippen LogP contribution in [-0.4, -0.2) is 46.8 Å². The Bertz CT molecular complexity index is 1170. The third kappa shape index (κ3) is 3.89. The minimum atomic E-state index is -2.95. The molecular weight excluding hydrogens is 386 g/mol. The van der Waals surface area contributed by atoms with Crippen LogP contribution in [0, 0.1) is 13.8 Å². The summed E-state index contributed by atoms with van der Waals surface area (Å²) >= 11 is 0. The molecule has 0 aliphatic carbocycles. The lowest BCUT2D eigenvalue weighted by Gasteiger charge is -2.19. The van der Waals surface area contributed by atoms with Crippen LogP contribution in [0.2, 0.25) is 0 Å². The SMILES string of the molecule is Cc1nn(C2CCS(=O)(=O)C2)c(C)c1CN(C)Cc1c(O)ccc2ccccc12. The van der Waals surface area contributed by atoms with Gasteiger partial charge in [0.25, 0.3) is 0 Å². The molecule has 3 aromatic rings. The molecule has 1 aromatic heterocycles. The average Bonchev–Trinajstić information content (AvgIpc) is 3.17. The van der Waals surface area contributed by atoms with E-state index in [1.54, 1.807) is 6.07 Å². The molecule has 0 spiro atoms. The van der Waals surface area contributed by atoms with E-state index in [9.17, 15) is 13.5 Å². The zero-order valence-electron chi connectivity index (χ0n) is 17.1. The zero-order valence-corrected chi connectivity index (χ0v) is 17.9. The van der Waals surface area contributed by atoms with E-state index in [1.807, 2.05) is 55.9 Å². The number of aryl methyl sites for hydroxylation is 1. The second-order valence-electron chi connectivity index (χ2n) is 8.11. The summed E-state index contributed by atoms with van der Waals surface area (Å²) in [5.74, 6) is 0.718. The Labute approximate surface area is 171 Å². The van der Waals surface area contributed by atoms with Crippen LogP contribution in [0.1, 0.15) is 35.0 Å². The lowest BCUT2D eigenvalue weighted by atomic mass is 10.0. The van der Waals surface area contributed by atoms with E-state index >= 15 is 0 Å². The van der Waals surface area contributed by atoms with Gasteiger partial charge in [-0.3, -0.25) is 9.58 Å². The third-order valence-corrected chi connectivity index (χ3v) is 7.65. The first-order valence-corrected chi connectivity index (χ1v) is 11.7. The molecule has 1 unspecified atom stereocenters. The maximum atomic E-state index is 11.9. The largest absolute Gasteiger partial charge is 0.508 e. The fourth-order valence-corrected chi connectivity index (χ4v) is 6.03. The second kappa shape index (κ2) is 7.46. The van der Waals surface area contributed by atoms with Crippen LogP contribution in [-0.2, 0) is 22.9 Å². The molecule has 1 fully saturated rings. The van der Waals surface area contributed by atoms with Crippen LogP contribution in [0.25, 0.3) is 10.8 Å². The number of hydrogen-bond acceptors (Lipinski definition) is 5. The molecule has 6 nitrogen and oxygen atoms in total. The number of fused-ring (bicyclic) bond motifs is 1. The standard InChI is InChI=1S/C22H27N3O3S/c1-15-20(16(2)25(23-15)18-10-11-29(27,28)14-18)12-24(3)13-21-19-7-5-4-6-17(19)8-9-22(21)26/h4-9,18,26H,10-14H2,1-3H3. The van der Waals surface area contributed by atoms with Crippen molar-refractivity contribution < 1.29 is 13.5 Å². The van der Waals surface area contributed by atoms with Crippen molar-refractivity contribution in [2.24, 2.45) is 0 Å². The van der Waals surface area contributed by atoms with Gasteiger partial charge in [0.05, 0.1) is 23.2 Å². The van der Waals surface area contributed by atoms with Gasteiger partial charge in [-0.15, -0.1) is 0 Å². The minimum Gasteiger partial charge on any atom is -0.508 e. The Morgan fingerprint density at radius 1 is 1.14 bits per heavy atom. The molecule has 7 heteroatoms. The Kier molecular flexibility index (Phi) is 5.12. The summed E-state index contributed by atoms with van der Waals surface area (Å²) < 4.78 is 25.6. The van der Waals surface area contributed by atoms with Crippen LogP contribution < -0.4 is 0 Å². The molecular formula is C22H27N3O3S. The van der Waals surface area contributed by atoms with E-state index in [-0.39, 0.29) is 17.5 Å². The quantitative estimate of drug-likeness (QED) is 0.694. The molecule has 1 N–H and O–H groups in total. The summed E-state index contributed by atoms with van der Waals surface area (Å²) in [6.07, 6.45) is 0.628. The number of aromatic hydroxyl groups is 1. The number of benzene rings is 2. The summed E-state index contributed by atoms with van der Waals surface area (Å²) in [7, 11) is -0.927. The summed E-state index contributed by atoms with van der Waals surface area (Å²) in [5.41, 5.74) is 3.99. The van der Waals surface area contributed by atoms with Crippen LogP contribution in [0.4, 0.5) is 0 Å². The Balaban J connectivity index is 1.57. The van der Waals surface area contributed by atoms with Gasteiger partial charge in [-0.1, -0.05) is 30.3 Å². The van der Waals surface area contributed by atoms with Gasteiger partial charge in [0.1, 0.15) is 5.75 Å². The molecule has 154 valence electrons. The second-order valence-corrected chi connectivity index (χ2v) is 10.3. The van der Waals surface area contributed by atoms with Crippen molar-refractivity contribution in [1.82, 2.24) is 14.7 Å². The first kappa shape index (κ1) is 19.9. The van der Waals surface area contributed by atoms with Crippen molar-refractivity contribution in [3.8, 4) is 5.75 Å². The molecule has 0 radical (unpaired) electrons. The number of hydrogen-bond donors (Lipinski definition) is 1. The first-order valence-electron chi connectivity index (χ1n) is 9.88. The van der Waals surface area contributed by atoms with Gasteiger partial charge in [0, 0.05) is 29.9 Å². The van der Waals surface area contributed by atoms with Gasteiger partial charge in [-0.05, 0) is 44.2 Å². The van der Waals surface area contributed by atoms with E-state index in [4.69, 9.17) is 0 Å². The number of nitrogens with zero attached hydrogens (tertiary/aromatic N) is 3. The normalized spacial score (nSPS) is 18.7. The highest BCUT2D eigenvalue weighted by molar-refractivity contribution is 7.91. The van der Waals surface area contributed by atoms with Gasteiger partial charge in [0.2, 0.25) is 0 Å². The highest BCUT2D eigenvalue weighted by Gasteiger charge is 2.31. The van der Waals surface area contributed by atoms with E-state index < -0.39 is 9.84 Å². The fourth-order valence-electron chi connectivity index (χ4n) is 4.34. The maximum Gasteiger partial charge on any atom is 0.152 e. The minimum absolute atomic E-state index is 0.0696. The Hall–Kier alpha value is -2.38. The van der Waals surface area contributed by atoms with Crippen molar-refractivity contribution in [2.45, 2.75) is 39.4 Å². The van der Waals surface area contributed by atoms with Gasteiger partial charge < -0.3 is 5.11 Å². The molecule has 2 heterocycles. The van der Waals surface area contributed by atoms with Gasteiger partial charge >= 0.3 is 0 Å². The monoisotopic (exact) mass is 413 g/mol. The summed E-state index contributed by atoms with van der Waals surface area (Å²) in [4.78, 5) is 2.16. The topological polar surface area (TPSA) is 75.4 Å². The maximum absolute atomic E-state index is 11.9. The van der Waals surface area contributed by atoms with E-state index in [0.29, 0.717) is 25.3 Å². The highest BCUT2D eigenvalue weighted by atomic mass is 32.2. The lowest BCUT2D eigenvalue weighted by molar-refractivity contribution is 0.312. The molecule has 4 rings (SSSR count). The van der Waals surface area contributed by atoms with Gasteiger partial charge in [0.15, 0.2) is 9.84 Å². The average molecular weight is 414 g/mol. The van der Waals surface area contributed by atoms with Crippen LogP contribution in [0.3, 0.4) is 0 Å². The van der Waals surface area contributed by atoms with E-state index in [1.165, 1.54) is 0 Å². The van der Waals surface area contributed by atoms with Crippen molar-refractivity contribution >= 4 is 20.6 Å². The number of phenols is 1. The van der Waals surface area contributed by atoms with Crippen molar-refractivity contribution in [2.75, 3.05) is 18.6 Å². The van der Waals surface area contributed by atoms with Crippen molar-refractivity contribution in [1.29, 1.82) is 0 Å². The number of rotatable bonds is 5. The smallest absolute Gasteiger partial charge is 0.152 e. The highest BCUT2D eigenvalue weighted by Crippen LogP contribution is 2.30. The predicted molar refractivity (Wildman–Crippen MR) is 115 cm³/mol. The Morgan fingerprint density at radius 2 is 1.86 bits per heavy atom. The fraction of sp³-hybridized carbons (Fsp3) is 0.409. The third-order valence-electron chi connectivity index (χ3n) is 5.90. The Morgan fingerprint density at radius 3 is 2.59 bits per heavy atom. The molecule has 0 amide bonds. The number of phenolic OH excluding ortho intramolecular Hbond substituents is 1.